The highest BCUT2D eigenvalue weighted by Crippen LogP contribution is 2.31. The number of hydrogen-bond acceptors (Lipinski definition) is 4. The Kier molecular flexibility index (Phi) is 5.15. The Morgan fingerprint density at radius 3 is 3.08 bits per heavy atom. The number of nitrogens with zero attached hydrogens (tertiary/aromatic N) is 1. The fourth-order valence-corrected chi connectivity index (χ4v) is 2.80. The summed E-state index contributed by atoms with van der Waals surface area (Å²) in [5.74, 6) is 1.36. The summed E-state index contributed by atoms with van der Waals surface area (Å²) >= 11 is 0. The topological polar surface area (TPSA) is 72.5 Å². The largest absolute Gasteiger partial charge is 0.493 e. The fraction of sp³-hybridized carbons (Fsp3) is 0.333. The Balaban J connectivity index is 1.63. The molecular weight excluding hydrogens is 306 g/mol. The van der Waals surface area contributed by atoms with Crippen molar-refractivity contribution in [1.82, 2.24) is 15.6 Å². The van der Waals surface area contributed by atoms with Crippen LogP contribution in [0.3, 0.4) is 0 Å². The molecule has 0 aliphatic carbocycles. The lowest BCUT2D eigenvalue weighted by atomic mass is 10.0. The van der Waals surface area contributed by atoms with Gasteiger partial charge < -0.3 is 20.1 Å². The minimum atomic E-state index is -0.220. The highest BCUT2D eigenvalue weighted by atomic mass is 16.5. The monoisotopic (exact) mass is 327 g/mol. The Morgan fingerprint density at radius 1 is 1.33 bits per heavy atom. The Labute approximate surface area is 141 Å². The summed E-state index contributed by atoms with van der Waals surface area (Å²) in [7, 11) is 1.56. The van der Waals surface area contributed by atoms with Crippen LogP contribution in [0.4, 0.5) is 4.79 Å². The zero-order valence-corrected chi connectivity index (χ0v) is 13.6. The van der Waals surface area contributed by atoms with Gasteiger partial charge in [-0.25, -0.2) is 9.78 Å². The maximum absolute atomic E-state index is 12.3. The number of pyridine rings is 1. The zero-order valence-electron chi connectivity index (χ0n) is 13.6. The van der Waals surface area contributed by atoms with E-state index in [1.165, 1.54) is 0 Å². The number of urea groups is 1. The van der Waals surface area contributed by atoms with Crippen molar-refractivity contribution >= 4 is 6.03 Å². The molecule has 126 valence electrons. The van der Waals surface area contributed by atoms with Gasteiger partial charge in [0, 0.05) is 23.9 Å². The number of amides is 2. The van der Waals surface area contributed by atoms with Gasteiger partial charge >= 0.3 is 6.03 Å². The molecule has 2 N–H and O–H groups in total. The van der Waals surface area contributed by atoms with Crippen molar-refractivity contribution in [1.29, 1.82) is 0 Å². The van der Waals surface area contributed by atoms with Gasteiger partial charge in [-0.15, -0.1) is 0 Å². The van der Waals surface area contributed by atoms with Crippen LogP contribution in [0.25, 0.3) is 0 Å². The smallest absolute Gasteiger partial charge is 0.315 e. The fourth-order valence-electron chi connectivity index (χ4n) is 2.80. The van der Waals surface area contributed by atoms with Crippen molar-refractivity contribution in [3.05, 3.63) is 53.7 Å². The van der Waals surface area contributed by atoms with Crippen molar-refractivity contribution in [3.8, 4) is 11.6 Å². The van der Waals surface area contributed by atoms with Crippen LogP contribution < -0.4 is 20.1 Å². The quantitative estimate of drug-likeness (QED) is 0.906. The van der Waals surface area contributed by atoms with Gasteiger partial charge in [-0.2, -0.15) is 0 Å². The second-order valence-electron chi connectivity index (χ2n) is 5.58. The molecule has 1 aromatic carbocycles. The van der Waals surface area contributed by atoms with E-state index in [4.69, 9.17) is 9.47 Å². The molecule has 3 rings (SSSR count). The van der Waals surface area contributed by atoms with Crippen LogP contribution in [0.5, 0.6) is 11.6 Å². The molecule has 0 unspecified atom stereocenters. The number of methoxy groups -OCH3 is 1. The van der Waals surface area contributed by atoms with Crippen LogP contribution in [-0.2, 0) is 6.54 Å². The first-order valence-corrected chi connectivity index (χ1v) is 8.02. The molecule has 1 aliphatic heterocycles. The first kappa shape index (κ1) is 16.1. The van der Waals surface area contributed by atoms with Crippen LogP contribution >= 0.6 is 0 Å². The van der Waals surface area contributed by atoms with Crippen LogP contribution in [0, 0.1) is 0 Å². The minimum Gasteiger partial charge on any atom is -0.493 e. The molecule has 6 heteroatoms. The molecule has 2 heterocycles. The van der Waals surface area contributed by atoms with Gasteiger partial charge in [-0.3, -0.25) is 0 Å². The van der Waals surface area contributed by atoms with Crippen LogP contribution in [-0.4, -0.2) is 24.7 Å². The van der Waals surface area contributed by atoms with Gasteiger partial charge in [0.15, 0.2) is 0 Å². The zero-order chi connectivity index (χ0) is 16.8. The van der Waals surface area contributed by atoms with Gasteiger partial charge in [0.1, 0.15) is 5.75 Å². The number of para-hydroxylation sites is 1. The Morgan fingerprint density at radius 2 is 2.21 bits per heavy atom. The van der Waals surface area contributed by atoms with Gasteiger partial charge in [-0.05, 0) is 25.0 Å². The summed E-state index contributed by atoms with van der Waals surface area (Å²) in [6, 6.07) is 11.2. The average Bonchev–Trinajstić information content (AvgIpc) is 2.83. The van der Waals surface area contributed by atoms with E-state index >= 15 is 0 Å². The molecule has 1 atom stereocenters. The normalized spacial score (nSPS) is 16.3. The standard InChI is InChI=1S/C18H21N3O3/c1-23-17-13(6-4-10-19-17)12-20-18(22)21-15-8-5-11-24-16-9-3-2-7-14(15)16/h2-4,6-7,9-10,15H,5,8,11-12H2,1H3,(H2,20,21,22)/t15-/m0/s1. The Bertz CT molecular complexity index is 705. The molecule has 2 aromatic rings. The molecule has 1 aliphatic rings. The third-order valence-corrected chi connectivity index (χ3v) is 3.98. The third-order valence-electron chi connectivity index (χ3n) is 3.98. The van der Waals surface area contributed by atoms with Crippen molar-refractivity contribution in [2.75, 3.05) is 13.7 Å². The van der Waals surface area contributed by atoms with Crippen LogP contribution in [0.1, 0.15) is 30.0 Å². The van der Waals surface area contributed by atoms with E-state index < -0.39 is 0 Å². The molecule has 0 bridgehead atoms. The van der Waals surface area contributed by atoms with Gasteiger partial charge in [-0.1, -0.05) is 24.3 Å². The summed E-state index contributed by atoms with van der Waals surface area (Å²) in [6.45, 7) is 1.03. The third kappa shape index (κ3) is 3.76. The molecular formula is C18H21N3O3. The molecule has 24 heavy (non-hydrogen) atoms. The predicted octanol–water partition coefficient (Wildman–Crippen LogP) is 2.80. The number of benzene rings is 1. The van der Waals surface area contributed by atoms with E-state index in [0.29, 0.717) is 19.0 Å². The highest BCUT2D eigenvalue weighted by Gasteiger charge is 2.21. The summed E-state index contributed by atoms with van der Waals surface area (Å²) < 4.78 is 10.9. The summed E-state index contributed by atoms with van der Waals surface area (Å²) in [5.41, 5.74) is 1.85. The summed E-state index contributed by atoms with van der Waals surface area (Å²) in [5, 5.41) is 5.89. The number of carbonyl (C=O) groups is 1. The molecule has 0 saturated heterocycles. The summed E-state index contributed by atoms with van der Waals surface area (Å²) in [6.07, 6.45) is 3.40. The maximum Gasteiger partial charge on any atom is 0.315 e. The van der Waals surface area contributed by atoms with Crippen LogP contribution in [0.15, 0.2) is 42.6 Å². The highest BCUT2D eigenvalue weighted by molar-refractivity contribution is 5.74. The molecule has 0 spiro atoms. The van der Waals surface area contributed by atoms with Gasteiger partial charge in [0.25, 0.3) is 0 Å². The molecule has 6 nitrogen and oxygen atoms in total. The second kappa shape index (κ2) is 7.68. The van der Waals surface area contributed by atoms with Gasteiger partial charge in [0.05, 0.1) is 19.8 Å². The van der Waals surface area contributed by atoms with E-state index in [2.05, 4.69) is 15.6 Å². The van der Waals surface area contributed by atoms with Crippen molar-refractivity contribution in [2.45, 2.75) is 25.4 Å². The number of fused-ring (bicyclic) bond motifs is 1. The number of carbonyl (C=O) groups excluding carboxylic acids is 1. The second-order valence-corrected chi connectivity index (χ2v) is 5.58. The molecule has 1 aromatic heterocycles. The van der Waals surface area contributed by atoms with E-state index in [0.717, 1.165) is 29.7 Å². The predicted molar refractivity (Wildman–Crippen MR) is 90.1 cm³/mol. The first-order valence-electron chi connectivity index (χ1n) is 8.02. The maximum atomic E-state index is 12.3. The van der Waals surface area contributed by atoms with Crippen molar-refractivity contribution in [3.63, 3.8) is 0 Å². The van der Waals surface area contributed by atoms with E-state index in [1.54, 1.807) is 13.3 Å². The molecule has 2 amide bonds. The lowest BCUT2D eigenvalue weighted by Crippen LogP contribution is -2.37. The average molecular weight is 327 g/mol. The van der Waals surface area contributed by atoms with Crippen LogP contribution in [0.2, 0.25) is 0 Å². The molecule has 0 radical (unpaired) electrons. The molecule has 0 fully saturated rings. The number of rotatable bonds is 4. The van der Waals surface area contributed by atoms with Crippen molar-refractivity contribution in [2.24, 2.45) is 0 Å². The summed E-state index contributed by atoms with van der Waals surface area (Å²) in [4.78, 5) is 16.4. The SMILES string of the molecule is COc1ncccc1CNC(=O)N[C@H]1CCCOc2ccccc21. The van der Waals surface area contributed by atoms with E-state index in [9.17, 15) is 4.79 Å². The Hall–Kier alpha value is -2.76. The lowest BCUT2D eigenvalue weighted by molar-refractivity contribution is 0.235. The van der Waals surface area contributed by atoms with E-state index in [1.807, 2.05) is 36.4 Å². The first-order chi connectivity index (χ1) is 11.8. The lowest BCUT2D eigenvalue weighted by Gasteiger charge is -2.19. The number of ether oxygens (including phenoxy) is 2. The van der Waals surface area contributed by atoms with E-state index in [-0.39, 0.29) is 12.1 Å². The number of aromatic nitrogens is 1. The minimum absolute atomic E-state index is 0.0560. The number of nitrogens with one attached hydrogen (secondary N) is 2. The van der Waals surface area contributed by atoms with Gasteiger partial charge in [0.2, 0.25) is 5.88 Å². The van der Waals surface area contributed by atoms with Crippen molar-refractivity contribution < 1.29 is 14.3 Å². The molecule has 0 saturated carbocycles. The number of hydrogen-bond donors (Lipinski definition) is 2.